The molecule has 1 saturated heterocycles. The fourth-order valence-corrected chi connectivity index (χ4v) is 3.15. The lowest BCUT2D eigenvalue weighted by Gasteiger charge is -2.27. The summed E-state index contributed by atoms with van der Waals surface area (Å²) >= 11 is 3.19. The van der Waals surface area contributed by atoms with Crippen molar-refractivity contribution in [2.24, 2.45) is 0 Å². The second-order valence-electron chi connectivity index (χ2n) is 6.01. The summed E-state index contributed by atoms with van der Waals surface area (Å²) in [6.45, 7) is 3.72. The lowest BCUT2D eigenvalue weighted by Crippen LogP contribution is -2.54. The van der Waals surface area contributed by atoms with Crippen molar-refractivity contribution in [3.8, 4) is 5.75 Å². The summed E-state index contributed by atoms with van der Waals surface area (Å²) in [4.78, 5) is 38.2. The normalized spacial score (nSPS) is 16.2. The molecule has 26 heavy (non-hydrogen) atoms. The molecule has 1 heterocycles. The van der Waals surface area contributed by atoms with Gasteiger partial charge in [0.25, 0.3) is 11.8 Å². The van der Waals surface area contributed by atoms with Crippen molar-refractivity contribution in [2.45, 2.75) is 13.8 Å². The summed E-state index contributed by atoms with van der Waals surface area (Å²) < 4.78 is 0.428. The molecule has 0 aromatic heterocycles. The zero-order chi connectivity index (χ0) is 19.0. The van der Waals surface area contributed by atoms with Gasteiger partial charge in [-0.05, 0) is 76.8 Å². The molecule has 3 rings (SSSR count). The number of urea groups is 1. The van der Waals surface area contributed by atoms with Crippen LogP contribution in [-0.2, 0) is 9.59 Å². The number of aromatic hydroxyl groups is 1. The molecular formula is C19H15BrN2O4. The Morgan fingerprint density at radius 3 is 2.31 bits per heavy atom. The van der Waals surface area contributed by atoms with E-state index in [9.17, 15) is 19.5 Å². The number of nitrogens with one attached hydrogen (secondary N) is 1. The number of rotatable bonds is 2. The van der Waals surface area contributed by atoms with Crippen LogP contribution in [0.5, 0.6) is 5.75 Å². The molecule has 1 aliphatic heterocycles. The van der Waals surface area contributed by atoms with Gasteiger partial charge < -0.3 is 5.11 Å². The number of carbonyl (C=O) groups excluding carboxylic acids is 3. The highest BCUT2D eigenvalue weighted by Gasteiger charge is 2.36. The predicted octanol–water partition coefficient (Wildman–Crippen LogP) is 3.44. The van der Waals surface area contributed by atoms with Gasteiger partial charge in [0.2, 0.25) is 0 Å². The van der Waals surface area contributed by atoms with Crippen molar-refractivity contribution in [1.82, 2.24) is 5.32 Å². The second kappa shape index (κ2) is 6.76. The molecule has 1 aliphatic rings. The van der Waals surface area contributed by atoms with Crippen LogP contribution < -0.4 is 10.2 Å². The van der Waals surface area contributed by atoms with Gasteiger partial charge in [-0.2, -0.15) is 0 Å². The highest BCUT2D eigenvalue weighted by atomic mass is 79.9. The van der Waals surface area contributed by atoms with Gasteiger partial charge in [-0.3, -0.25) is 14.9 Å². The predicted molar refractivity (Wildman–Crippen MR) is 101 cm³/mol. The molecular weight excluding hydrogens is 400 g/mol. The minimum atomic E-state index is -0.783. The van der Waals surface area contributed by atoms with Crippen molar-refractivity contribution in [1.29, 1.82) is 0 Å². The van der Waals surface area contributed by atoms with Crippen LogP contribution in [0.4, 0.5) is 10.5 Å². The Morgan fingerprint density at radius 2 is 1.69 bits per heavy atom. The van der Waals surface area contributed by atoms with Gasteiger partial charge >= 0.3 is 6.03 Å². The van der Waals surface area contributed by atoms with Crippen molar-refractivity contribution >= 4 is 45.5 Å². The Bertz CT molecular complexity index is 961. The molecule has 0 atom stereocenters. The number of amides is 4. The first kappa shape index (κ1) is 17.9. The van der Waals surface area contributed by atoms with Crippen molar-refractivity contribution in [2.75, 3.05) is 4.90 Å². The Labute approximate surface area is 158 Å². The molecule has 0 saturated carbocycles. The number of benzene rings is 2. The zero-order valence-electron chi connectivity index (χ0n) is 14.0. The Kier molecular flexibility index (Phi) is 4.65. The van der Waals surface area contributed by atoms with Crippen molar-refractivity contribution < 1.29 is 19.5 Å². The standard InChI is InChI=1S/C19H15BrN2O4/c1-10-5-11(2)7-13(6-10)22-18(25)14(17(24)21-19(22)26)8-12-3-4-16(23)15(20)9-12/h3-9,23H,1-2H3,(H,21,24,26). The zero-order valence-corrected chi connectivity index (χ0v) is 15.6. The second-order valence-corrected chi connectivity index (χ2v) is 6.87. The summed E-state index contributed by atoms with van der Waals surface area (Å²) in [5, 5.41) is 11.8. The summed E-state index contributed by atoms with van der Waals surface area (Å²) in [7, 11) is 0. The SMILES string of the molecule is Cc1cc(C)cc(N2C(=O)NC(=O)C(=Cc3ccc(O)c(Br)c3)C2=O)c1. The molecule has 1 fully saturated rings. The molecule has 2 N–H and O–H groups in total. The number of phenols is 1. The van der Waals surface area contributed by atoms with Gasteiger partial charge in [-0.15, -0.1) is 0 Å². The summed E-state index contributed by atoms with van der Waals surface area (Å²) in [6.07, 6.45) is 1.38. The minimum absolute atomic E-state index is 0.0404. The Hall–Kier alpha value is -2.93. The lowest BCUT2D eigenvalue weighted by molar-refractivity contribution is -0.122. The van der Waals surface area contributed by atoms with E-state index < -0.39 is 17.8 Å². The Balaban J connectivity index is 2.05. The van der Waals surface area contributed by atoms with Gasteiger partial charge in [0.1, 0.15) is 11.3 Å². The van der Waals surface area contributed by atoms with Crippen LogP contribution in [-0.4, -0.2) is 23.0 Å². The third kappa shape index (κ3) is 3.39. The molecule has 7 heteroatoms. The van der Waals surface area contributed by atoms with Crippen LogP contribution in [0.25, 0.3) is 6.08 Å². The van der Waals surface area contributed by atoms with Gasteiger partial charge in [0, 0.05) is 0 Å². The molecule has 0 radical (unpaired) electrons. The number of nitrogens with zero attached hydrogens (tertiary/aromatic N) is 1. The first-order valence-corrected chi connectivity index (χ1v) is 8.54. The van der Waals surface area contributed by atoms with Gasteiger partial charge in [-0.25, -0.2) is 9.69 Å². The monoisotopic (exact) mass is 414 g/mol. The van der Waals surface area contributed by atoms with Crippen LogP contribution in [0, 0.1) is 13.8 Å². The number of carbonyl (C=O) groups is 3. The van der Waals surface area contributed by atoms with E-state index in [-0.39, 0.29) is 11.3 Å². The maximum absolute atomic E-state index is 12.8. The maximum Gasteiger partial charge on any atom is 0.335 e. The quantitative estimate of drug-likeness (QED) is 0.581. The first-order valence-electron chi connectivity index (χ1n) is 7.74. The van der Waals surface area contributed by atoms with Crippen LogP contribution in [0.3, 0.4) is 0 Å². The first-order chi connectivity index (χ1) is 12.3. The van der Waals surface area contributed by atoms with E-state index >= 15 is 0 Å². The van der Waals surface area contributed by atoms with E-state index in [1.807, 2.05) is 19.9 Å². The van der Waals surface area contributed by atoms with Crippen LogP contribution >= 0.6 is 15.9 Å². The van der Waals surface area contributed by atoms with Crippen LogP contribution in [0.1, 0.15) is 16.7 Å². The fraction of sp³-hybridized carbons (Fsp3) is 0.105. The lowest BCUT2D eigenvalue weighted by atomic mass is 10.1. The van der Waals surface area contributed by atoms with E-state index in [0.29, 0.717) is 15.7 Å². The van der Waals surface area contributed by atoms with E-state index in [2.05, 4.69) is 21.2 Å². The molecule has 2 aromatic rings. The molecule has 2 aromatic carbocycles. The highest BCUT2D eigenvalue weighted by molar-refractivity contribution is 9.10. The molecule has 0 aliphatic carbocycles. The van der Waals surface area contributed by atoms with Crippen LogP contribution in [0.15, 0.2) is 46.4 Å². The number of anilines is 1. The summed E-state index contributed by atoms with van der Waals surface area (Å²) in [5.74, 6) is -1.42. The smallest absolute Gasteiger partial charge is 0.335 e. The maximum atomic E-state index is 12.8. The highest BCUT2D eigenvalue weighted by Crippen LogP contribution is 2.27. The number of imide groups is 2. The van der Waals surface area contributed by atoms with Crippen molar-refractivity contribution in [3.05, 3.63) is 63.1 Å². The minimum Gasteiger partial charge on any atom is -0.507 e. The molecule has 132 valence electrons. The van der Waals surface area contributed by atoms with Crippen molar-refractivity contribution in [3.63, 3.8) is 0 Å². The number of hydrogen-bond acceptors (Lipinski definition) is 4. The van der Waals surface area contributed by atoms with E-state index in [4.69, 9.17) is 0 Å². The number of halogens is 1. The summed E-state index contributed by atoms with van der Waals surface area (Å²) in [6, 6.07) is 9.12. The topological polar surface area (TPSA) is 86.7 Å². The number of barbiturate groups is 1. The van der Waals surface area contributed by atoms with Gasteiger partial charge in [0.05, 0.1) is 10.2 Å². The largest absolute Gasteiger partial charge is 0.507 e. The average molecular weight is 415 g/mol. The van der Waals surface area contributed by atoms with Gasteiger partial charge in [0.15, 0.2) is 0 Å². The molecule has 0 unspecified atom stereocenters. The van der Waals surface area contributed by atoms with E-state index in [0.717, 1.165) is 16.0 Å². The van der Waals surface area contributed by atoms with Crippen LogP contribution in [0.2, 0.25) is 0 Å². The van der Waals surface area contributed by atoms with E-state index in [1.165, 1.54) is 12.1 Å². The number of phenolic OH excluding ortho intramolecular Hbond substituents is 1. The third-order valence-electron chi connectivity index (χ3n) is 3.85. The Morgan fingerprint density at radius 1 is 1.04 bits per heavy atom. The number of aryl methyl sites for hydroxylation is 2. The van der Waals surface area contributed by atoms with Gasteiger partial charge in [-0.1, -0.05) is 12.1 Å². The summed E-state index contributed by atoms with van der Waals surface area (Å²) in [5.41, 5.74) is 2.55. The fourth-order valence-electron chi connectivity index (χ4n) is 2.75. The molecule has 0 bridgehead atoms. The molecule has 6 nitrogen and oxygen atoms in total. The third-order valence-corrected chi connectivity index (χ3v) is 4.48. The average Bonchev–Trinajstić information content (AvgIpc) is 2.53. The number of hydrogen-bond donors (Lipinski definition) is 2. The molecule has 4 amide bonds. The molecule has 0 spiro atoms. The van der Waals surface area contributed by atoms with E-state index in [1.54, 1.807) is 24.3 Å².